The average molecular weight is 156 g/mol. The molecule has 10 heavy (non-hydrogen) atoms. The third kappa shape index (κ3) is 1.06. The Bertz CT molecular complexity index is 236. The van der Waals surface area contributed by atoms with E-state index in [0.717, 1.165) is 0 Å². The Morgan fingerprint density at radius 3 is 2.50 bits per heavy atom. The summed E-state index contributed by atoms with van der Waals surface area (Å²) in [5.74, 6) is 0.0116. The SMILES string of the molecule is Oc1cccc(O[SiH3])c1O. The van der Waals surface area contributed by atoms with Crippen molar-refractivity contribution in [2.45, 2.75) is 0 Å². The Labute approximate surface area is 61.4 Å². The molecular weight excluding hydrogens is 148 g/mol. The van der Waals surface area contributed by atoms with Crippen molar-refractivity contribution in [2.24, 2.45) is 0 Å². The summed E-state index contributed by atoms with van der Waals surface area (Å²) in [5.41, 5.74) is 0. The zero-order valence-corrected chi connectivity index (χ0v) is 7.53. The molecule has 3 nitrogen and oxygen atoms in total. The minimum absolute atomic E-state index is 0.145. The Hall–Kier alpha value is -1.16. The fourth-order valence-corrected chi connectivity index (χ4v) is 1.00. The van der Waals surface area contributed by atoms with Gasteiger partial charge in [0.05, 0.1) is 0 Å². The first-order valence-corrected chi connectivity index (χ1v) is 3.62. The molecule has 4 heteroatoms. The highest BCUT2D eigenvalue weighted by molar-refractivity contribution is 6.00. The minimum Gasteiger partial charge on any atom is -0.551 e. The highest BCUT2D eigenvalue weighted by Crippen LogP contribution is 2.33. The van der Waals surface area contributed by atoms with Crippen molar-refractivity contribution in [1.82, 2.24) is 0 Å². The quantitative estimate of drug-likeness (QED) is 0.435. The van der Waals surface area contributed by atoms with E-state index < -0.39 is 0 Å². The van der Waals surface area contributed by atoms with Crippen LogP contribution in [-0.4, -0.2) is 20.7 Å². The van der Waals surface area contributed by atoms with Crippen molar-refractivity contribution in [1.29, 1.82) is 0 Å². The minimum atomic E-state index is -0.183. The van der Waals surface area contributed by atoms with Gasteiger partial charge < -0.3 is 14.6 Å². The summed E-state index contributed by atoms with van der Waals surface area (Å²) in [7, 11) is 0.502. The van der Waals surface area contributed by atoms with Gasteiger partial charge in [-0.25, -0.2) is 0 Å². The van der Waals surface area contributed by atoms with Gasteiger partial charge in [-0.05, 0) is 12.1 Å². The smallest absolute Gasteiger partial charge is 0.204 e. The second kappa shape index (κ2) is 2.61. The molecule has 1 rings (SSSR count). The topological polar surface area (TPSA) is 49.7 Å². The van der Waals surface area contributed by atoms with Crippen LogP contribution in [-0.2, 0) is 0 Å². The summed E-state index contributed by atoms with van der Waals surface area (Å²) in [6, 6.07) is 4.61. The zero-order chi connectivity index (χ0) is 7.56. The lowest BCUT2D eigenvalue weighted by Crippen LogP contribution is -1.84. The number of phenols is 2. The number of rotatable bonds is 1. The van der Waals surface area contributed by atoms with Crippen molar-refractivity contribution in [2.75, 3.05) is 0 Å². The van der Waals surface area contributed by atoms with Crippen LogP contribution < -0.4 is 4.43 Å². The van der Waals surface area contributed by atoms with Gasteiger partial charge in [-0.2, -0.15) is 0 Å². The van der Waals surface area contributed by atoms with E-state index in [-0.39, 0.29) is 11.5 Å². The van der Waals surface area contributed by atoms with Gasteiger partial charge in [0.2, 0.25) is 10.5 Å². The maximum Gasteiger partial charge on any atom is 0.204 e. The summed E-state index contributed by atoms with van der Waals surface area (Å²) in [5, 5.41) is 18.0. The van der Waals surface area contributed by atoms with Crippen LogP contribution in [0.5, 0.6) is 17.2 Å². The van der Waals surface area contributed by atoms with E-state index in [2.05, 4.69) is 0 Å². The maximum absolute atomic E-state index is 9.04. The molecule has 2 N–H and O–H groups in total. The molecule has 0 amide bonds. The second-order valence-electron chi connectivity index (χ2n) is 1.83. The lowest BCUT2D eigenvalue weighted by Gasteiger charge is -2.03. The molecule has 0 radical (unpaired) electrons. The first kappa shape index (κ1) is 6.95. The molecule has 0 saturated heterocycles. The summed E-state index contributed by atoms with van der Waals surface area (Å²) < 4.78 is 4.85. The van der Waals surface area contributed by atoms with Crippen LogP contribution in [0.2, 0.25) is 0 Å². The third-order valence-electron chi connectivity index (χ3n) is 1.20. The number of phenolic OH excluding ortho intramolecular Hbond substituents is 2. The first-order chi connectivity index (χ1) is 4.75. The molecule has 0 bridgehead atoms. The van der Waals surface area contributed by atoms with Crippen LogP contribution in [0.15, 0.2) is 18.2 Å². The second-order valence-corrected chi connectivity index (χ2v) is 2.24. The molecule has 0 aliphatic carbocycles. The van der Waals surface area contributed by atoms with Gasteiger partial charge in [-0.1, -0.05) is 6.07 Å². The molecule has 0 unspecified atom stereocenters. The van der Waals surface area contributed by atoms with Crippen LogP contribution in [0.1, 0.15) is 0 Å². The summed E-state index contributed by atoms with van der Waals surface area (Å²) in [4.78, 5) is 0. The van der Waals surface area contributed by atoms with Gasteiger partial charge in [0.1, 0.15) is 5.75 Å². The molecule has 1 aromatic rings. The lowest BCUT2D eigenvalue weighted by atomic mass is 10.3. The highest BCUT2D eigenvalue weighted by atomic mass is 28.2. The molecule has 1 aromatic carbocycles. The number of para-hydroxylation sites is 1. The van der Waals surface area contributed by atoms with Crippen LogP contribution in [0.3, 0.4) is 0 Å². The Morgan fingerprint density at radius 2 is 2.00 bits per heavy atom. The predicted octanol–water partition coefficient (Wildman–Crippen LogP) is -0.243. The van der Waals surface area contributed by atoms with Crippen molar-refractivity contribution in [3.05, 3.63) is 18.2 Å². The molecule has 0 heterocycles. The van der Waals surface area contributed by atoms with E-state index in [9.17, 15) is 0 Å². The predicted molar refractivity (Wildman–Crippen MR) is 40.3 cm³/mol. The van der Waals surface area contributed by atoms with E-state index in [0.29, 0.717) is 16.2 Å². The van der Waals surface area contributed by atoms with Crippen LogP contribution >= 0.6 is 0 Å². The molecule has 0 saturated carbocycles. The van der Waals surface area contributed by atoms with E-state index in [4.69, 9.17) is 14.6 Å². The van der Waals surface area contributed by atoms with Gasteiger partial charge >= 0.3 is 0 Å². The maximum atomic E-state index is 9.04. The number of aromatic hydroxyl groups is 2. The fraction of sp³-hybridized carbons (Fsp3) is 0. The van der Waals surface area contributed by atoms with Crippen molar-refractivity contribution in [3.8, 4) is 17.2 Å². The Morgan fingerprint density at radius 1 is 1.30 bits per heavy atom. The normalized spacial score (nSPS) is 9.60. The van der Waals surface area contributed by atoms with E-state index in [1.807, 2.05) is 0 Å². The van der Waals surface area contributed by atoms with Gasteiger partial charge in [0, 0.05) is 0 Å². The van der Waals surface area contributed by atoms with Crippen LogP contribution in [0, 0.1) is 0 Å². The van der Waals surface area contributed by atoms with Gasteiger partial charge in [-0.15, -0.1) is 0 Å². The highest BCUT2D eigenvalue weighted by Gasteiger charge is 2.02. The van der Waals surface area contributed by atoms with Crippen molar-refractivity contribution >= 4 is 10.5 Å². The van der Waals surface area contributed by atoms with E-state index in [1.54, 1.807) is 12.1 Å². The molecule has 0 aliphatic heterocycles. The van der Waals surface area contributed by atoms with Crippen molar-refractivity contribution in [3.63, 3.8) is 0 Å². The molecular formula is C6H8O3Si. The molecule has 0 atom stereocenters. The number of hydrogen-bond donors (Lipinski definition) is 2. The van der Waals surface area contributed by atoms with Crippen LogP contribution in [0.25, 0.3) is 0 Å². The van der Waals surface area contributed by atoms with Gasteiger partial charge in [0.25, 0.3) is 0 Å². The summed E-state index contributed by atoms with van der Waals surface area (Å²) >= 11 is 0. The average Bonchev–Trinajstić information content (AvgIpc) is 1.95. The zero-order valence-electron chi connectivity index (χ0n) is 5.53. The van der Waals surface area contributed by atoms with E-state index in [1.165, 1.54) is 6.07 Å². The molecule has 0 fully saturated rings. The molecule has 54 valence electrons. The van der Waals surface area contributed by atoms with Crippen LogP contribution in [0.4, 0.5) is 0 Å². The molecule has 0 aliphatic rings. The van der Waals surface area contributed by atoms with Gasteiger partial charge in [-0.3, -0.25) is 0 Å². The summed E-state index contributed by atoms with van der Waals surface area (Å²) in [6.45, 7) is 0. The number of benzene rings is 1. The summed E-state index contributed by atoms with van der Waals surface area (Å²) in [6.07, 6.45) is 0. The third-order valence-corrected chi connectivity index (χ3v) is 1.64. The first-order valence-electron chi connectivity index (χ1n) is 2.80. The molecule has 0 spiro atoms. The largest absolute Gasteiger partial charge is 0.551 e. The standard InChI is InChI=1S/C6H8O3Si/c7-4-2-1-3-5(9-10)6(4)8/h1-3,7-8H,10H3. The lowest BCUT2D eigenvalue weighted by molar-refractivity contribution is 0.389. The Balaban J connectivity index is 3.14. The molecule has 0 aromatic heterocycles. The fourth-order valence-electron chi connectivity index (χ4n) is 0.675. The van der Waals surface area contributed by atoms with E-state index >= 15 is 0 Å². The number of hydrogen-bond acceptors (Lipinski definition) is 3. The Kier molecular flexibility index (Phi) is 1.82. The van der Waals surface area contributed by atoms with Crippen molar-refractivity contribution < 1.29 is 14.6 Å². The van der Waals surface area contributed by atoms with Gasteiger partial charge in [0.15, 0.2) is 11.5 Å². The monoisotopic (exact) mass is 156 g/mol.